The molecule has 0 spiro atoms. The molecule has 0 radical (unpaired) electrons. The van der Waals surface area contributed by atoms with E-state index in [1.54, 1.807) is 6.92 Å². The van der Waals surface area contributed by atoms with Gasteiger partial charge < -0.3 is 11.1 Å². The van der Waals surface area contributed by atoms with E-state index in [0.29, 0.717) is 18.4 Å². The van der Waals surface area contributed by atoms with Crippen LogP contribution in [0.15, 0.2) is 0 Å². The third kappa shape index (κ3) is 2.44. The van der Waals surface area contributed by atoms with E-state index in [-0.39, 0.29) is 5.91 Å². The molecule has 3 N–H and O–H groups in total. The summed E-state index contributed by atoms with van der Waals surface area (Å²) in [6.45, 7) is 5.87. The Morgan fingerprint density at radius 3 is 2.62 bits per heavy atom. The topological polar surface area (TPSA) is 55.1 Å². The van der Waals surface area contributed by atoms with Gasteiger partial charge in [-0.3, -0.25) is 4.79 Å². The van der Waals surface area contributed by atoms with E-state index in [9.17, 15) is 4.79 Å². The zero-order chi connectivity index (χ0) is 10.1. The molecule has 0 saturated heterocycles. The van der Waals surface area contributed by atoms with Gasteiger partial charge in [-0.2, -0.15) is 0 Å². The summed E-state index contributed by atoms with van der Waals surface area (Å²) >= 11 is 0. The first-order valence-corrected chi connectivity index (χ1v) is 5.11. The number of carbonyl (C=O) groups is 1. The summed E-state index contributed by atoms with van der Waals surface area (Å²) in [5, 5.41) is 2.98. The zero-order valence-electron chi connectivity index (χ0n) is 8.76. The second kappa shape index (κ2) is 3.66. The fraction of sp³-hybridized carbons (Fsp3) is 0.900. The lowest BCUT2D eigenvalue weighted by Gasteiger charge is -2.21. The fourth-order valence-electron chi connectivity index (χ4n) is 1.37. The smallest absolute Gasteiger partial charge is 0.240 e. The summed E-state index contributed by atoms with van der Waals surface area (Å²) in [7, 11) is 0. The van der Waals surface area contributed by atoms with Gasteiger partial charge in [0.15, 0.2) is 0 Å². The monoisotopic (exact) mass is 184 g/mol. The minimum atomic E-state index is -0.694. The molecule has 13 heavy (non-hydrogen) atoms. The average molecular weight is 184 g/mol. The zero-order valence-corrected chi connectivity index (χ0v) is 8.76. The molecule has 3 nitrogen and oxygen atoms in total. The maximum Gasteiger partial charge on any atom is 0.240 e. The molecule has 3 heteroatoms. The van der Waals surface area contributed by atoms with Crippen molar-refractivity contribution in [2.75, 3.05) is 0 Å². The van der Waals surface area contributed by atoms with Gasteiger partial charge in [-0.15, -0.1) is 0 Å². The van der Waals surface area contributed by atoms with E-state index in [2.05, 4.69) is 12.2 Å². The average Bonchev–Trinajstić information content (AvgIpc) is 2.83. The molecule has 0 bridgehead atoms. The van der Waals surface area contributed by atoms with E-state index >= 15 is 0 Å². The molecule has 1 saturated carbocycles. The third-order valence-electron chi connectivity index (χ3n) is 3.02. The standard InChI is InChI=1S/C10H20N2O/c1-4-7-6-8(7)12-9(13)10(3,11)5-2/h7-8H,4-6,11H2,1-3H3,(H,12,13). The second-order valence-electron chi connectivity index (χ2n) is 4.26. The van der Waals surface area contributed by atoms with Gasteiger partial charge in [0.1, 0.15) is 0 Å². The number of carbonyl (C=O) groups excluding carboxylic acids is 1. The molecule has 1 aliphatic carbocycles. The predicted octanol–water partition coefficient (Wildman–Crippen LogP) is 1.03. The molecule has 1 amide bonds. The van der Waals surface area contributed by atoms with Crippen molar-refractivity contribution in [3.8, 4) is 0 Å². The molecule has 0 aromatic heterocycles. The van der Waals surface area contributed by atoms with Crippen LogP contribution in [0.4, 0.5) is 0 Å². The molecule has 0 heterocycles. The number of nitrogens with two attached hydrogens (primary N) is 1. The number of nitrogens with one attached hydrogen (secondary N) is 1. The highest BCUT2D eigenvalue weighted by molar-refractivity contribution is 5.86. The van der Waals surface area contributed by atoms with Gasteiger partial charge in [-0.1, -0.05) is 20.3 Å². The normalized spacial score (nSPS) is 30.8. The van der Waals surface area contributed by atoms with E-state index in [0.717, 1.165) is 12.8 Å². The molecule has 0 aromatic carbocycles. The molecule has 1 rings (SSSR count). The van der Waals surface area contributed by atoms with E-state index in [4.69, 9.17) is 5.73 Å². The maximum atomic E-state index is 11.6. The number of hydrogen-bond donors (Lipinski definition) is 2. The van der Waals surface area contributed by atoms with Crippen LogP contribution in [0.2, 0.25) is 0 Å². The van der Waals surface area contributed by atoms with Crippen LogP contribution in [0.25, 0.3) is 0 Å². The Balaban J connectivity index is 2.34. The maximum absolute atomic E-state index is 11.6. The molecule has 0 aliphatic heterocycles. The molecule has 1 fully saturated rings. The van der Waals surface area contributed by atoms with E-state index in [1.807, 2.05) is 6.92 Å². The Morgan fingerprint density at radius 1 is 1.62 bits per heavy atom. The van der Waals surface area contributed by atoms with Crippen molar-refractivity contribution in [3.05, 3.63) is 0 Å². The molecule has 76 valence electrons. The Labute approximate surface area is 80.1 Å². The SMILES string of the molecule is CCC1CC1NC(=O)C(C)(N)CC. The van der Waals surface area contributed by atoms with Crippen molar-refractivity contribution in [2.24, 2.45) is 11.7 Å². The number of rotatable bonds is 4. The van der Waals surface area contributed by atoms with Gasteiger partial charge >= 0.3 is 0 Å². The highest BCUT2D eigenvalue weighted by Crippen LogP contribution is 2.33. The van der Waals surface area contributed by atoms with Crippen LogP contribution in [-0.4, -0.2) is 17.5 Å². The quantitative estimate of drug-likeness (QED) is 0.685. The second-order valence-corrected chi connectivity index (χ2v) is 4.26. The van der Waals surface area contributed by atoms with Gasteiger partial charge in [0, 0.05) is 6.04 Å². The summed E-state index contributed by atoms with van der Waals surface area (Å²) in [5.41, 5.74) is 5.12. The van der Waals surface area contributed by atoms with Crippen LogP contribution in [0.5, 0.6) is 0 Å². The van der Waals surface area contributed by atoms with E-state index < -0.39 is 5.54 Å². The molecule has 1 aliphatic rings. The van der Waals surface area contributed by atoms with Crippen molar-refractivity contribution >= 4 is 5.91 Å². The first-order valence-electron chi connectivity index (χ1n) is 5.11. The first kappa shape index (κ1) is 10.5. The Morgan fingerprint density at radius 2 is 2.23 bits per heavy atom. The lowest BCUT2D eigenvalue weighted by atomic mass is 9.99. The lowest BCUT2D eigenvalue weighted by Crippen LogP contribution is -2.51. The highest BCUT2D eigenvalue weighted by atomic mass is 16.2. The van der Waals surface area contributed by atoms with Crippen LogP contribution in [0.3, 0.4) is 0 Å². The molecule has 3 atom stereocenters. The summed E-state index contributed by atoms with van der Waals surface area (Å²) in [4.78, 5) is 11.6. The van der Waals surface area contributed by atoms with Crippen molar-refractivity contribution in [3.63, 3.8) is 0 Å². The summed E-state index contributed by atoms with van der Waals surface area (Å²) in [5.74, 6) is 0.688. The Hall–Kier alpha value is -0.570. The van der Waals surface area contributed by atoms with Crippen LogP contribution >= 0.6 is 0 Å². The van der Waals surface area contributed by atoms with Crippen LogP contribution in [0.1, 0.15) is 40.0 Å². The number of hydrogen-bond acceptors (Lipinski definition) is 2. The van der Waals surface area contributed by atoms with Crippen molar-refractivity contribution in [1.82, 2.24) is 5.32 Å². The predicted molar refractivity (Wildman–Crippen MR) is 53.2 cm³/mol. The van der Waals surface area contributed by atoms with Crippen LogP contribution in [-0.2, 0) is 4.79 Å². The van der Waals surface area contributed by atoms with Crippen molar-refractivity contribution in [1.29, 1.82) is 0 Å². The van der Waals surface area contributed by atoms with Crippen molar-refractivity contribution in [2.45, 2.75) is 51.6 Å². The summed E-state index contributed by atoms with van der Waals surface area (Å²) in [6, 6.07) is 0.395. The summed E-state index contributed by atoms with van der Waals surface area (Å²) < 4.78 is 0. The van der Waals surface area contributed by atoms with Gasteiger partial charge in [0.25, 0.3) is 0 Å². The Bertz CT molecular complexity index is 201. The molecule has 3 unspecified atom stereocenters. The summed E-state index contributed by atoms with van der Waals surface area (Å²) in [6.07, 6.45) is 2.96. The van der Waals surface area contributed by atoms with Gasteiger partial charge in [-0.05, 0) is 25.7 Å². The largest absolute Gasteiger partial charge is 0.351 e. The van der Waals surface area contributed by atoms with Gasteiger partial charge in [0.2, 0.25) is 5.91 Å². The van der Waals surface area contributed by atoms with Gasteiger partial charge in [-0.25, -0.2) is 0 Å². The highest BCUT2D eigenvalue weighted by Gasteiger charge is 2.39. The van der Waals surface area contributed by atoms with Crippen LogP contribution in [0, 0.1) is 5.92 Å². The first-order chi connectivity index (χ1) is 6.01. The number of amides is 1. The molecular weight excluding hydrogens is 164 g/mol. The fourth-order valence-corrected chi connectivity index (χ4v) is 1.37. The third-order valence-corrected chi connectivity index (χ3v) is 3.02. The Kier molecular flexibility index (Phi) is 2.96. The van der Waals surface area contributed by atoms with Crippen LogP contribution < -0.4 is 11.1 Å². The minimum Gasteiger partial charge on any atom is -0.351 e. The van der Waals surface area contributed by atoms with E-state index in [1.165, 1.54) is 0 Å². The molecule has 0 aromatic rings. The van der Waals surface area contributed by atoms with Crippen molar-refractivity contribution < 1.29 is 4.79 Å². The minimum absolute atomic E-state index is 0.00375. The molecular formula is C10H20N2O. The lowest BCUT2D eigenvalue weighted by molar-refractivity contribution is -0.126. The van der Waals surface area contributed by atoms with Gasteiger partial charge in [0.05, 0.1) is 5.54 Å².